The number of nitrogens with zero attached hydrogens (tertiary/aromatic N) is 2. The van der Waals surface area contributed by atoms with Crippen LogP contribution in [0.5, 0.6) is 5.75 Å². The second kappa shape index (κ2) is 9.33. The van der Waals surface area contributed by atoms with Crippen molar-refractivity contribution in [1.82, 2.24) is 4.90 Å². The fraction of sp³-hybridized carbons (Fsp3) is 0.400. The molecule has 1 aliphatic heterocycles. The maximum Gasteiger partial charge on any atom is 0.257 e. The van der Waals surface area contributed by atoms with E-state index in [2.05, 4.69) is 18.8 Å². The van der Waals surface area contributed by atoms with Crippen LogP contribution in [-0.2, 0) is 29.0 Å². The lowest BCUT2D eigenvalue weighted by Crippen LogP contribution is -2.43. The van der Waals surface area contributed by atoms with Gasteiger partial charge in [-0.15, -0.1) is 0 Å². The number of Topliss-reactive ketones (excluding diaryl/α,β-unsaturated/α-hetero) is 1. The molecule has 2 aromatic carbocycles. The Hall–Kier alpha value is -3.15. The lowest BCUT2D eigenvalue weighted by atomic mass is 9.91. The van der Waals surface area contributed by atoms with Crippen LogP contribution in [0.4, 0.5) is 0 Å². The summed E-state index contributed by atoms with van der Waals surface area (Å²) in [6.07, 6.45) is 1.33. The van der Waals surface area contributed by atoms with Gasteiger partial charge in [-0.3, -0.25) is 14.5 Å². The van der Waals surface area contributed by atoms with Crippen LogP contribution < -0.4 is 10.5 Å². The third kappa shape index (κ3) is 5.51. The monoisotopic (exact) mass is 421 g/mol. The zero-order valence-electron chi connectivity index (χ0n) is 18.7. The van der Waals surface area contributed by atoms with Crippen molar-refractivity contribution in [2.45, 2.75) is 52.1 Å². The molecule has 1 aliphatic rings. The van der Waals surface area contributed by atoms with Crippen LogP contribution in [0, 0.1) is 5.92 Å². The van der Waals surface area contributed by atoms with Gasteiger partial charge in [-0.2, -0.15) is 0 Å². The molecule has 2 N–H and O–H groups in total. The molecule has 2 aromatic rings. The molecule has 0 bridgehead atoms. The van der Waals surface area contributed by atoms with E-state index in [1.54, 1.807) is 12.0 Å². The van der Waals surface area contributed by atoms with E-state index in [-0.39, 0.29) is 17.6 Å². The van der Waals surface area contributed by atoms with Crippen LogP contribution in [0.3, 0.4) is 0 Å². The summed E-state index contributed by atoms with van der Waals surface area (Å²) in [7, 11) is 1.61. The third-order valence-corrected chi connectivity index (χ3v) is 5.42. The number of rotatable bonds is 9. The zero-order valence-corrected chi connectivity index (χ0v) is 18.7. The Morgan fingerprint density at radius 2 is 1.71 bits per heavy atom. The fourth-order valence-electron chi connectivity index (χ4n) is 4.16. The summed E-state index contributed by atoms with van der Waals surface area (Å²) in [5.41, 5.74) is 8.05. The Morgan fingerprint density at radius 1 is 1.10 bits per heavy atom. The van der Waals surface area contributed by atoms with E-state index < -0.39 is 5.54 Å². The summed E-state index contributed by atoms with van der Waals surface area (Å²) in [4.78, 5) is 31.5. The maximum absolute atomic E-state index is 13.0. The molecule has 0 spiro atoms. The van der Waals surface area contributed by atoms with Crippen molar-refractivity contribution in [3.8, 4) is 5.75 Å². The summed E-state index contributed by atoms with van der Waals surface area (Å²) >= 11 is 0. The maximum atomic E-state index is 13.0. The van der Waals surface area contributed by atoms with E-state index >= 15 is 0 Å². The van der Waals surface area contributed by atoms with E-state index in [0.29, 0.717) is 31.7 Å². The van der Waals surface area contributed by atoms with Crippen molar-refractivity contribution in [2.75, 3.05) is 7.11 Å². The summed E-state index contributed by atoms with van der Waals surface area (Å²) in [6.45, 7) is 6.33. The van der Waals surface area contributed by atoms with Crippen LogP contribution in [0.1, 0.15) is 43.9 Å². The highest BCUT2D eigenvalue weighted by atomic mass is 16.5. The van der Waals surface area contributed by atoms with Crippen molar-refractivity contribution in [2.24, 2.45) is 16.6 Å². The first-order valence-corrected chi connectivity index (χ1v) is 10.6. The van der Waals surface area contributed by atoms with Gasteiger partial charge in [-0.1, -0.05) is 50.2 Å². The van der Waals surface area contributed by atoms with Crippen molar-refractivity contribution >= 4 is 17.6 Å². The summed E-state index contributed by atoms with van der Waals surface area (Å²) in [5.74, 6) is 1.38. The largest absolute Gasteiger partial charge is 0.497 e. The molecule has 164 valence electrons. The third-order valence-electron chi connectivity index (χ3n) is 5.42. The molecular weight excluding hydrogens is 390 g/mol. The first-order chi connectivity index (χ1) is 14.7. The summed E-state index contributed by atoms with van der Waals surface area (Å²) in [6, 6.07) is 15.3. The number of aliphatic imine (C=N–C) groups is 1. The lowest BCUT2D eigenvalue weighted by Gasteiger charge is -2.23. The normalized spacial score (nSPS) is 18.4. The van der Waals surface area contributed by atoms with Gasteiger partial charge in [-0.25, -0.2) is 4.99 Å². The number of hydrogen-bond donors (Lipinski definition) is 1. The van der Waals surface area contributed by atoms with Gasteiger partial charge >= 0.3 is 0 Å². The van der Waals surface area contributed by atoms with E-state index in [1.165, 1.54) is 0 Å². The van der Waals surface area contributed by atoms with Gasteiger partial charge < -0.3 is 10.5 Å². The minimum Gasteiger partial charge on any atom is -0.497 e. The number of benzene rings is 2. The topological polar surface area (TPSA) is 85.0 Å². The molecule has 31 heavy (non-hydrogen) atoms. The Bertz CT molecular complexity index is 999. The standard InChI is InChI=1S/C25H31N3O3/c1-17(2)15-25(3)23(30)28(24(26)27-25)16-20-9-5-7-18(11-20)12-21(29)13-19-8-6-10-22(14-19)31-4/h5-11,14,17H,12-13,15-16H2,1-4H3,(H2,26,27). The molecule has 0 aliphatic carbocycles. The quantitative estimate of drug-likeness (QED) is 0.671. The molecule has 3 rings (SSSR count). The predicted molar refractivity (Wildman–Crippen MR) is 122 cm³/mol. The summed E-state index contributed by atoms with van der Waals surface area (Å²) < 4.78 is 5.22. The van der Waals surface area contributed by atoms with Crippen LogP contribution in [0.25, 0.3) is 0 Å². The Labute approximate surface area is 184 Å². The van der Waals surface area contributed by atoms with Crippen molar-refractivity contribution in [3.63, 3.8) is 0 Å². The van der Waals surface area contributed by atoms with Gasteiger partial charge in [0.05, 0.1) is 13.7 Å². The summed E-state index contributed by atoms with van der Waals surface area (Å²) in [5, 5.41) is 0. The van der Waals surface area contributed by atoms with E-state index in [4.69, 9.17) is 10.5 Å². The first kappa shape index (κ1) is 22.5. The highest BCUT2D eigenvalue weighted by molar-refractivity contribution is 6.06. The molecule has 6 heteroatoms. The van der Waals surface area contributed by atoms with Gasteiger partial charge in [0.1, 0.15) is 17.1 Å². The molecule has 1 atom stereocenters. The number of carbonyl (C=O) groups is 2. The predicted octanol–water partition coefficient (Wildman–Crippen LogP) is 3.51. The van der Waals surface area contributed by atoms with Crippen LogP contribution in [-0.4, -0.2) is 35.2 Å². The van der Waals surface area contributed by atoms with Gasteiger partial charge in [0.25, 0.3) is 5.91 Å². The Morgan fingerprint density at radius 3 is 2.35 bits per heavy atom. The molecule has 0 saturated carbocycles. The highest BCUT2D eigenvalue weighted by Gasteiger charge is 2.43. The van der Waals surface area contributed by atoms with E-state index in [9.17, 15) is 9.59 Å². The SMILES string of the molecule is COc1cccc(CC(=O)Cc2cccc(CN3C(=O)C(C)(CC(C)C)N=C3N)c2)c1. The van der Waals surface area contributed by atoms with Gasteiger partial charge in [0.15, 0.2) is 5.96 Å². The van der Waals surface area contributed by atoms with Crippen molar-refractivity contribution in [1.29, 1.82) is 0 Å². The number of ether oxygens (including phenoxy) is 1. The number of guanidine groups is 1. The highest BCUT2D eigenvalue weighted by Crippen LogP contribution is 2.29. The number of carbonyl (C=O) groups excluding carboxylic acids is 2. The molecular formula is C25H31N3O3. The van der Waals surface area contributed by atoms with E-state index in [1.807, 2.05) is 55.5 Å². The van der Waals surface area contributed by atoms with Crippen molar-refractivity contribution in [3.05, 3.63) is 65.2 Å². The molecule has 0 saturated heterocycles. The van der Waals surface area contributed by atoms with Crippen molar-refractivity contribution < 1.29 is 14.3 Å². The number of nitrogens with two attached hydrogens (primary N) is 1. The molecule has 6 nitrogen and oxygen atoms in total. The lowest BCUT2D eigenvalue weighted by molar-refractivity contribution is -0.131. The number of ketones is 1. The molecule has 0 aromatic heterocycles. The average molecular weight is 422 g/mol. The average Bonchev–Trinajstić information content (AvgIpc) is 2.90. The number of hydrogen-bond acceptors (Lipinski definition) is 5. The number of methoxy groups -OCH3 is 1. The van der Waals surface area contributed by atoms with Crippen LogP contribution in [0.2, 0.25) is 0 Å². The molecule has 1 amide bonds. The van der Waals surface area contributed by atoms with Gasteiger partial charge in [0, 0.05) is 12.8 Å². The van der Waals surface area contributed by atoms with Crippen LogP contribution >= 0.6 is 0 Å². The van der Waals surface area contributed by atoms with E-state index in [0.717, 1.165) is 22.4 Å². The fourth-order valence-corrected chi connectivity index (χ4v) is 4.16. The minimum absolute atomic E-state index is 0.0711. The second-order valence-corrected chi connectivity index (χ2v) is 8.80. The molecule has 1 unspecified atom stereocenters. The number of amides is 1. The second-order valence-electron chi connectivity index (χ2n) is 8.80. The molecule has 0 fully saturated rings. The van der Waals surface area contributed by atoms with Gasteiger partial charge in [-0.05, 0) is 48.1 Å². The van der Waals surface area contributed by atoms with Crippen LogP contribution in [0.15, 0.2) is 53.5 Å². The van der Waals surface area contributed by atoms with Gasteiger partial charge in [0.2, 0.25) is 0 Å². The Kier molecular flexibility index (Phi) is 6.78. The minimum atomic E-state index is -0.803. The smallest absolute Gasteiger partial charge is 0.257 e. The molecule has 0 radical (unpaired) electrons. The molecule has 1 heterocycles. The zero-order chi connectivity index (χ0) is 22.6. The Balaban J connectivity index is 1.66. The first-order valence-electron chi connectivity index (χ1n) is 10.6.